The summed E-state index contributed by atoms with van der Waals surface area (Å²) in [5.41, 5.74) is 5.06. The number of hydrogen-bond donors (Lipinski definition) is 0. The second-order valence-corrected chi connectivity index (χ2v) is 8.99. The van der Waals surface area contributed by atoms with Gasteiger partial charge in [-0.2, -0.15) is 13.2 Å². The zero-order valence-electron chi connectivity index (χ0n) is 20.6. The largest absolute Gasteiger partial charge is 0.393 e. The zero-order valence-corrected chi connectivity index (χ0v) is 20.6. The lowest BCUT2D eigenvalue weighted by Crippen LogP contribution is -2.35. The van der Waals surface area contributed by atoms with E-state index < -0.39 is 12.6 Å². The van der Waals surface area contributed by atoms with E-state index in [1.165, 1.54) is 6.07 Å². The van der Waals surface area contributed by atoms with Gasteiger partial charge >= 0.3 is 6.18 Å². The van der Waals surface area contributed by atoms with Crippen molar-refractivity contribution in [2.75, 3.05) is 27.2 Å². The minimum absolute atomic E-state index is 0.271. The number of likely N-dealkylation sites (N-methyl/N-ethyl adjacent to an activating group) is 1. The molecule has 2 aromatic carbocycles. The molecule has 35 heavy (non-hydrogen) atoms. The molecule has 0 spiro atoms. The first-order valence-electron chi connectivity index (χ1n) is 11.5. The topological polar surface area (TPSA) is 22.1 Å². The highest BCUT2D eigenvalue weighted by Crippen LogP contribution is 2.29. The lowest BCUT2D eigenvalue weighted by Gasteiger charge is -2.37. The van der Waals surface area contributed by atoms with Gasteiger partial charge in [0.25, 0.3) is 0 Å². The lowest BCUT2D eigenvalue weighted by molar-refractivity contribution is -0.127. The number of rotatable bonds is 8. The van der Waals surface area contributed by atoms with E-state index in [0.29, 0.717) is 25.3 Å². The molecule has 0 saturated carbocycles. The molecular formula is C28H33F3N4. The van der Waals surface area contributed by atoms with Crippen LogP contribution in [0.1, 0.15) is 23.6 Å². The van der Waals surface area contributed by atoms with Gasteiger partial charge in [0.05, 0.1) is 12.1 Å². The number of benzene rings is 2. The van der Waals surface area contributed by atoms with Crippen molar-refractivity contribution in [3.63, 3.8) is 0 Å². The monoisotopic (exact) mass is 482 g/mol. The molecule has 0 N–H and O–H groups in total. The number of aliphatic imine (C=N–C) groups is 1. The fourth-order valence-electron chi connectivity index (χ4n) is 4.35. The summed E-state index contributed by atoms with van der Waals surface area (Å²) in [7, 11) is 3.93. The van der Waals surface area contributed by atoms with Gasteiger partial charge in [-0.3, -0.25) is 0 Å². The Hall–Kier alpha value is -3.48. The molecule has 4 nitrogen and oxygen atoms in total. The van der Waals surface area contributed by atoms with Gasteiger partial charge < -0.3 is 14.7 Å². The smallest absolute Gasteiger partial charge is 0.369 e. The number of alkyl halides is 3. The predicted octanol–water partition coefficient (Wildman–Crippen LogP) is 6.00. The summed E-state index contributed by atoms with van der Waals surface area (Å²) in [6.45, 7) is 12.1. The molecule has 0 fully saturated rings. The van der Waals surface area contributed by atoms with Gasteiger partial charge in [0.1, 0.15) is 5.70 Å². The van der Waals surface area contributed by atoms with Gasteiger partial charge in [-0.25, -0.2) is 4.99 Å². The van der Waals surface area contributed by atoms with E-state index in [0.717, 1.165) is 34.6 Å². The van der Waals surface area contributed by atoms with Crippen molar-refractivity contribution in [1.82, 2.24) is 14.7 Å². The van der Waals surface area contributed by atoms with Gasteiger partial charge in [-0.15, -0.1) is 0 Å². The second kappa shape index (κ2) is 11.3. The summed E-state index contributed by atoms with van der Waals surface area (Å²) in [6.07, 6.45) is -2.55. The Labute approximate surface area is 206 Å². The van der Waals surface area contributed by atoms with Crippen molar-refractivity contribution in [2.24, 2.45) is 4.99 Å². The zero-order chi connectivity index (χ0) is 25.6. The van der Waals surface area contributed by atoms with Crippen molar-refractivity contribution in [1.29, 1.82) is 0 Å². The van der Waals surface area contributed by atoms with E-state index >= 15 is 0 Å². The molecule has 1 aliphatic heterocycles. The van der Waals surface area contributed by atoms with Crippen LogP contribution in [-0.4, -0.2) is 54.8 Å². The van der Waals surface area contributed by atoms with Crippen LogP contribution in [0.4, 0.5) is 13.2 Å². The number of hydrogen-bond acceptors (Lipinski definition) is 4. The van der Waals surface area contributed by atoms with Crippen molar-refractivity contribution in [2.45, 2.75) is 32.5 Å². The van der Waals surface area contributed by atoms with E-state index in [-0.39, 0.29) is 5.56 Å². The highest BCUT2D eigenvalue weighted by atomic mass is 19.4. The predicted molar refractivity (Wildman–Crippen MR) is 137 cm³/mol. The molecule has 7 heteroatoms. The Bertz CT molecular complexity index is 1100. The normalized spacial score (nSPS) is 18.6. The Kier molecular flexibility index (Phi) is 8.43. The van der Waals surface area contributed by atoms with E-state index in [1.54, 1.807) is 12.1 Å². The Morgan fingerprint density at radius 3 is 2.31 bits per heavy atom. The molecule has 0 aromatic heterocycles. The first-order chi connectivity index (χ1) is 16.6. The molecular weight excluding hydrogens is 449 g/mol. The summed E-state index contributed by atoms with van der Waals surface area (Å²) in [5.74, 6) is 0.683. The first-order valence-corrected chi connectivity index (χ1v) is 11.5. The molecule has 0 saturated heterocycles. The Morgan fingerprint density at radius 2 is 1.66 bits per heavy atom. The highest BCUT2D eigenvalue weighted by Gasteiger charge is 2.28. The second-order valence-electron chi connectivity index (χ2n) is 8.99. The minimum atomic E-state index is -4.23. The molecule has 3 rings (SSSR count). The van der Waals surface area contributed by atoms with Gasteiger partial charge in [0, 0.05) is 39.9 Å². The van der Waals surface area contributed by atoms with E-state index in [9.17, 15) is 13.2 Å². The average molecular weight is 483 g/mol. The van der Waals surface area contributed by atoms with Crippen molar-refractivity contribution in [3.05, 3.63) is 107 Å². The van der Waals surface area contributed by atoms with Crippen LogP contribution < -0.4 is 0 Å². The van der Waals surface area contributed by atoms with Crippen LogP contribution >= 0.6 is 0 Å². The van der Waals surface area contributed by atoms with Gasteiger partial charge in [-0.05, 0) is 42.3 Å². The fourth-order valence-corrected chi connectivity index (χ4v) is 4.35. The van der Waals surface area contributed by atoms with Crippen LogP contribution in [-0.2, 0) is 19.4 Å². The summed E-state index contributed by atoms with van der Waals surface area (Å²) < 4.78 is 38.7. The molecule has 0 aliphatic carbocycles. The molecule has 1 aliphatic rings. The Morgan fingerprint density at radius 1 is 1.00 bits per heavy atom. The fraction of sp³-hybridized carbons (Fsp3) is 0.321. The Balaban J connectivity index is 1.98. The van der Waals surface area contributed by atoms with Crippen LogP contribution in [0, 0.1) is 0 Å². The third-order valence-electron chi connectivity index (χ3n) is 5.93. The van der Waals surface area contributed by atoms with E-state index in [4.69, 9.17) is 0 Å². The molecule has 0 amide bonds. The summed E-state index contributed by atoms with van der Waals surface area (Å²) in [6, 6.07) is 16.8. The maximum Gasteiger partial charge on any atom is 0.393 e. The molecule has 0 unspecified atom stereocenters. The van der Waals surface area contributed by atoms with E-state index in [1.807, 2.05) is 49.5 Å². The standard InChI is InChI=1S/C28H33F3N4/c1-21-18-33(4)22(2)26(27(32-3)34(5)19-21)35(20-24-10-7-6-8-11-24)15-14-23-12-9-13-25(16-23)17-28(29,30)31/h6-13,16,19H,2-3,14-15,17-18,20H2,1,4-5H3/b21-19-,27-26+. The molecule has 0 atom stereocenters. The van der Waals surface area contributed by atoms with E-state index in [2.05, 4.69) is 47.1 Å². The van der Waals surface area contributed by atoms with Gasteiger partial charge in [0.2, 0.25) is 0 Å². The van der Waals surface area contributed by atoms with Crippen LogP contribution in [0.25, 0.3) is 0 Å². The third-order valence-corrected chi connectivity index (χ3v) is 5.93. The van der Waals surface area contributed by atoms with Crippen molar-refractivity contribution >= 4 is 6.72 Å². The van der Waals surface area contributed by atoms with Crippen LogP contribution in [0.3, 0.4) is 0 Å². The average Bonchev–Trinajstić information content (AvgIpc) is 2.79. The quantitative estimate of drug-likeness (QED) is 0.431. The number of halogens is 3. The maximum atomic E-state index is 12.9. The van der Waals surface area contributed by atoms with Crippen molar-refractivity contribution in [3.8, 4) is 0 Å². The first kappa shape index (κ1) is 26.1. The molecule has 0 radical (unpaired) electrons. The van der Waals surface area contributed by atoms with Crippen LogP contribution in [0.5, 0.6) is 0 Å². The third kappa shape index (κ3) is 7.25. The maximum absolute atomic E-state index is 12.9. The molecule has 1 heterocycles. The summed E-state index contributed by atoms with van der Waals surface area (Å²) in [4.78, 5) is 10.6. The van der Waals surface area contributed by atoms with Crippen molar-refractivity contribution < 1.29 is 13.2 Å². The molecule has 186 valence electrons. The van der Waals surface area contributed by atoms with Gasteiger partial charge in [0.15, 0.2) is 5.82 Å². The molecule has 2 aromatic rings. The number of nitrogens with zero attached hydrogens (tertiary/aromatic N) is 4. The van der Waals surface area contributed by atoms with Gasteiger partial charge in [-0.1, -0.05) is 61.2 Å². The lowest BCUT2D eigenvalue weighted by atomic mass is 10.0. The summed E-state index contributed by atoms with van der Waals surface area (Å²) in [5, 5.41) is 0. The van der Waals surface area contributed by atoms with Crippen LogP contribution in [0.2, 0.25) is 0 Å². The minimum Gasteiger partial charge on any atom is -0.369 e. The SMILES string of the molecule is C=N/C1=C(\N(CCc2cccc(CC(F)(F)F)c2)Cc2ccccc2)C(=C)N(C)C/C(C)=C\N1C. The van der Waals surface area contributed by atoms with Crippen LogP contribution in [0.15, 0.2) is 95.2 Å². The molecule has 0 bridgehead atoms. The summed E-state index contributed by atoms with van der Waals surface area (Å²) >= 11 is 0. The highest BCUT2D eigenvalue weighted by molar-refractivity contribution is 5.39.